The van der Waals surface area contributed by atoms with E-state index in [1.54, 1.807) is 6.92 Å². The fourth-order valence-corrected chi connectivity index (χ4v) is 1.92. The third-order valence-electron chi connectivity index (χ3n) is 2.94. The van der Waals surface area contributed by atoms with Crippen molar-refractivity contribution in [2.24, 2.45) is 0 Å². The number of ether oxygens (including phenoxy) is 1. The van der Waals surface area contributed by atoms with Crippen molar-refractivity contribution in [1.82, 2.24) is 4.98 Å². The Balaban J connectivity index is 2.27. The number of ketones is 1. The van der Waals surface area contributed by atoms with Gasteiger partial charge >= 0.3 is 5.97 Å². The second kappa shape index (κ2) is 6.65. The van der Waals surface area contributed by atoms with Gasteiger partial charge in [-0.15, -0.1) is 0 Å². The summed E-state index contributed by atoms with van der Waals surface area (Å²) in [7, 11) is 0. The number of pyridine rings is 1. The molecule has 21 heavy (non-hydrogen) atoms. The van der Waals surface area contributed by atoms with Crippen LogP contribution in [0.2, 0.25) is 0 Å². The van der Waals surface area contributed by atoms with E-state index in [0.29, 0.717) is 12.0 Å². The Morgan fingerprint density at radius 3 is 2.57 bits per heavy atom. The van der Waals surface area contributed by atoms with E-state index < -0.39 is 11.8 Å². The molecule has 0 bridgehead atoms. The van der Waals surface area contributed by atoms with Crippen molar-refractivity contribution in [2.75, 3.05) is 6.61 Å². The molecule has 0 atom stereocenters. The minimum Gasteiger partial charge on any atom is -0.460 e. The quantitative estimate of drug-likeness (QED) is 0.515. The number of H-pyrrole nitrogens is 1. The van der Waals surface area contributed by atoms with Crippen LogP contribution in [0.1, 0.15) is 28.4 Å². The first-order chi connectivity index (χ1) is 10.1. The highest BCUT2D eigenvalue weighted by atomic mass is 16.5. The van der Waals surface area contributed by atoms with Gasteiger partial charge in [-0.2, -0.15) is 0 Å². The molecule has 0 radical (unpaired) electrons. The standard InChI is InChI=1S/C16H15NO4/c1-2-21-16(20)14(18)13-9-12(15(19)17-10-13)8-11-6-4-3-5-7-11/h3-7,9-10H,2,8H2,1H3,(H,17,19). The number of hydrogen-bond acceptors (Lipinski definition) is 4. The molecule has 5 nitrogen and oxygen atoms in total. The smallest absolute Gasteiger partial charge is 0.379 e. The first-order valence-corrected chi connectivity index (χ1v) is 6.58. The molecule has 1 N–H and O–H groups in total. The predicted molar refractivity (Wildman–Crippen MR) is 77.3 cm³/mol. The maximum absolute atomic E-state index is 11.9. The van der Waals surface area contributed by atoms with Crippen LogP contribution in [0.4, 0.5) is 0 Å². The number of carbonyl (C=O) groups is 2. The molecule has 2 rings (SSSR count). The summed E-state index contributed by atoms with van der Waals surface area (Å²) in [4.78, 5) is 37.6. The van der Waals surface area contributed by atoms with Gasteiger partial charge < -0.3 is 9.72 Å². The Labute approximate surface area is 121 Å². The molecule has 0 aliphatic rings. The van der Waals surface area contributed by atoms with Crippen LogP contribution in [0.15, 0.2) is 47.4 Å². The van der Waals surface area contributed by atoms with Gasteiger partial charge in [0.2, 0.25) is 0 Å². The van der Waals surface area contributed by atoms with Gasteiger partial charge in [0.05, 0.1) is 6.61 Å². The normalized spacial score (nSPS) is 10.1. The third-order valence-corrected chi connectivity index (χ3v) is 2.94. The first-order valence-electron chi connectivity index (χ1n) is 6.58. The van der Waals surface area contributed by atoms with Gasteiger partial charge in [0.15, 0.2) is 0 Å². The summed E-state index contributed by atoms with van der Waals surface area (Å²) in [6.45, 7) is 1.75. The number of aromatic nitrogens is 1. The monoisotopic (exact) mass is 285 g/mol. The van der Waals surface area contributed by atoms with Gasteiger partial charge in [-0.3, -0.25) is 9.59 Å². The lowest BCUT2D eigenvalue weighted by Crippen LogP contribution is -2.21. The van der Waals surface area contributed by atoms with Crippen molar-refractivity contribution in [2.45, 2.75) is 13.3 Å². The van der Waals surface area contributed by atoms with Gasteiger partial charge in [0.25, 0.3) is 11.3 Å². The number of rotatable bonds is 5. The van der Waals surface area contributed by atoms with Crippen molar-refractivity contribution in [3.05, 3.63) is 69.6 Å². The molecule has 0 aliphatic heterocycles. The van der Waals surface area contributed by atoms with Crippen molar-refractivity contribution in [3.8, 4) is 0 Å². The highest BCUT2D eigenvalue weighted by Gasteiger charge is 2.18. The minimum absolute atomic E-state index is 0.124. The summed E-state index contributed by atoms with van der Waals surface area (Å²) >= 11 is 0. The molecule has 1 heterocycles. The molecule has 0 amide bonds. The summed E-state index contributed by atoms with van der Waals surface area (Å²) in [5, 5.41) is 0. The topological polar surface area (TPSA) is 76.2 Å². The lowest BCUT2D eigenvalue weighted by Gasteiger charge is -2.04. The van der Waals surface area contributed by atoms with Gasteiger partial charge in [-0.1, -0.05) is 30.3 Å². The SMILES string of the molecule is CCOC(=O)C(=O)c1c[nH]c(=O)c(Cc2ccccc2)c1. The van der Waals surface area contributed by atoms with Crippen LogP contribution in [0.25, 0.3) is 0 Å². The van der Waals surface area contributed by atoms with Crippen LogP contribution in [-0.2, 0) is 16.0 Å². The molecule has 0 saturated carbocycles. The zero-order chi connectivity index (χ0) is 15.2. The molecular formula is C16H15NO4. The van der Waals surface area contributed by atoms with Crippen LogP contribution in [0.3, 0.4) is 0 Å². The average molecular weight is 285 g/mol. The van der Waals surface area contributed by atoms with Gasteiger partial charge in [-0.05, 0) is 18.6 Å². The Kier molecular flexibility index (Phi) is 4.66. The van der Waals surface area contributed by atoms with Gasteiger partial charge in [0.1, 0.15) is 0 Å². The third kappa shape index (κ3) is 3.66. The Bertz CT molecular complexity index is 704. The molecule has 0 fully saturated rings. The van der Waals surface area contributed by atoms with E-state index in [4.69, 9.17) is 0 Å². The fourth-order valence-electron chi connectivity index (χ4n) is 1.92. The molecule has 0 aliphatic carbocycles. The Morgan fingerprint density at radius 1 is 1.19 bits per heavy atom. The number of esters is 1. The van der Waals surface area contributed by atoms with Crippen LogP contribution >= 0.6 is 0 Å². The van der Waals surface area contributed by atoms with Crippen molar-refractivity contribution < 1.29 is 14.3 Å². The molecule has 0 saturated heterocycles. The fraction of sp³-hybridized carbons (Fsp3) is 0.188. The molecule has 5 heteroatoms. The molecule has 2 aromatic rings. The lowest BCUT2D eigenvalue weighted by atomic mass is 10.0. The van der Waals surface area contributed by atoms with Crippen LogP contribution in [-0.4, -0.2) is 23.3 Å². The average Bonchev–Trinajstić information content (AvgIpc) is 2.50. The Hall–Kier alpha value is -2.69. The summed E-state index contributed by atoms with van der Waals surface area (Å²) in [5.41, 5.74) is 1.22. The van der Waals surface area contributed by atoms with E-state index in [-0.39, 0.29) is 17.7 Å². The van der Waals surface area contributed by atoms with Crippen LogP contribution in [0, 0.1) is 0 Å². The van der Waals surface area contributed by atoms with Gasteiger partial charge in [0, 0.05) is 23.7 Å². The van der Waals surface area contributed by atoms with Crippen LogP contribution in [0.5, 0.6) is 0 Å². The predicted octanol–water partition coefficient (Wildman–Crippen LogP) is 1.71. The molecule has 1 aromatic heterocycles. The number of carbonyl (C=O) groups excluding carboxylic acids is 2. The number of nitrogens with one attached hydrogen (secondary N) is 1. The molecule has 108 valence electrons. The van der Waals surface area contributed by atoms with Crippen molar-refractivity contribution in [1.29, 1.82) is 0 Å². The van der Waals surface area contributed by atoms with Crippen molar-refractivity contribution >= 4 is 11.8 Å². The zero-order valence-corrected chi connectivity index (χ0v) is 11.6. The maximum Gasteiger partial charge on any atom is 0.379 e. The lowest BCUT2D eigenvalue weighted by molar-refractivity contribution is -0.137. The molecule has 1 aromatic carbocycles. The van der Waals surface area contributed by atoms with Crippen molar-refractivity contribution in [3.63, 3.8) is 0 Å². The number of benzene rings is 1. The molecular weight excluding hydrogens is 270 g/mol. The van der Waals surface area contributed by atoms with E-state index in [0.717, 1.165) is 5.56 Å². The van der Waals surface area contributed by atoms with Crippen LogP contribution < -0.4 is 5.56 Å². The van der Waals surface area contributed by atoms with Gasteiger partial charge in [-0.25, -0.2) is 4.79 Å². The van der Waals surface area contributed by atoms with E-state index >= 15 is 0 Å². The minimum atomic E-state index is -0.921. The molecule has 0 spiro atoms. The highest BCUT2D eigenvalue weighted by Crippen LogP contribution is 2.08. The zero-order valence-electron chi connectivity index (χ0n) is 11.6. The van der Waals surface area contributed by atoms with E-state index in [2.05, 4.69) is 9.72 Å². The highest BCUT2D eigenvalue weighted by molar-refractivity contribution is 6.40. The van der Waals surface area contributed by atoms with E-state index in [9.17, 15) is 14.4 Å². The second-order valence-corrected chi connectivity index (χ2v) is 4.45. The number of Topliss-reactive ketones (excluding diaryl/α,β-unsaturated/α-hetero) is 1. The summed E-state index contributed by atoms with van der Waals surface area (Å²) in [6, 6.07) is 10.8. The first kappa shape index (κ1) is 14.7. The summed E-state index contributed by atoms with van der Waals surface area (Å²) < 4.78 is 4.67. The largest absolute Gasteiger partial charge is 0.460 e. The Morgan fingerprint density at radius 2 is 1.90 bits per heavy atom. The summed E-state index contributed by atoms with van der Waals surface area (Å²) in [5.74, 6) is -1.68. The second-order valence-electron chi connectivity index (χ2n) is 4.45. The number of hydrogen-bond donors (Lipinski definition) is 1. The number of aromatic amines is 1. The summed E-state index contributed by atoms with van der Waals surface area (Å²) in [6.07, 6.45) is 1.62. The van der Waals surface area contributed by atoms with E-state index in [1.165, 1.54) is 12.3 Å². The molecule has 0 unspecified atom stereocenters. The van der Waals surface area contributed by atoms with E-state index in [1.807, 2.05) is 30.3 Å². The maximum atomic E-state index is 11.9.